The van der Waals surface area contributed by atoms with Gasteiger partial charge < -0.3 is 29.5 Å². The van der Waals surface area contributed by atoms with Gasteiger partial charge in [-0.1, -0.05) is 122 Å². The highest BCUT2D eigenvalue weighted by Crippen LogP contribution is 2.35. The van der Waals surface area contributed by atoms with Crippen LogP contribution in [0.1, 0.15) is 174 Å². The molecule has 0 spiro atoms. The topological polar surface area (TPSA) is 105 Å². The summed E-state index contributed by atoms with van der Waals surface area (Å²) >= 11 is 0. The summed E-state index contributed by atoms with van der Waals surface area (Å²) in [4.78, 5) is 11.7. The third kappa shape index (κ3) is 13.6. The van der Waals surface area contributed by atoms with Crippen LogP contribution in [0.3, 0.4) is 0 Å². The molecule has 3 fully saturated rings. The number of carbonyl (C=O) groups excluding carboxylic acids is 1. The van der Waals surface area contributed by atoms with Crippen molar-refractivity contribution in [3.05, 3.63) is 0 Å². The van der Waals surface area contributed by atoms with Gasteiger partial charge in [0.15, 0.2) is 0 Å². The number of esters is 1. The van der Waals surface area contributed by atoms with Gasteiger partial charge in [-0.3, -0.25) is 4.79 Å². The molecule has 0 bridgehead atoms. The highest BCUT2D eigenvalue weighted by Gasteiger charge is 2.41. The van der Waals surface area contributed by atoms with Crippen LogP contribution < -0.4 is 0 Å². The smallest absolute Gasteiger partial charge is 0.312 e. The van der Waals surface area contributed by atoms with Crippen LogP contribution in [0.2, 0.25) is 0 Å². The van der Waals surface area contributed by atoms with Gasteiger partial charge in [0, 0.05) is 0 Å². The van der Waals surface area contributed by atoms with Gasteiger partial charge in [-0.2, -0.15) is 0 Å². The van der Waals surface area contributed by atoms with Crippen LogP contribution in [0.25, 0.3) is 0 Å². The number of carbonyl (C=O) groups is 1. The fraction of sp³-hybridized carbons (Fsp3) is 0.973. The summed E-state index contributed by atoms with van der Waals surface area (Å²) in [5.74, 6) is -0.557. The second-order valence-electron chi connectivity index (χ2n) is 14.3. The first-order valence-corrected chi connectivity index (χ1v) is 19.0. The summed E-state index contributed by atoms with van der Waals surface area (Å²) in [6, 6.07) is 0. The molecule has 7 heteroatoms. The lowest BCUT2D eigenvalue weighted by Crippen LogP contribution is -2.33. The predicted molar refractivity (Wildman–Crippen MR) is 175 cm³/mol. The molecule has 3 aliphatic rings. The molecule has 1 unspecified atom stereocenters. The lowest BCUT2D eigenvalue weighted by molar-refractivity contribution is -0.143. The average Bonchev–Trinajstić information content (AvgIpc) is 3.75. The summed E-state index contributed by atoms with van der Waals surface area (Å²) in [5.41, 5.74) is 0. The molecule has 258 valence electrons. The van der Waals surface area contributed by atoms with Gasteiger partial charge in [-0.25, -0.2) is 0 Å². The van der Waals surface area contributed by atoms with Crippen molar-refractivity contribution in [3.63, 3.8) is 0 Å². The van der Waals surface area contributed by atoms with Gasteiger partial charge in [0.05, 0.1) is 42.5 Å². The Hall–Kier alpha value is -0.730. The van der Waals surface area contributed by atoms with Gasteiger partial charge in [0.2, 0.25) is 0 Å². The largest absolute Gasteiger partial charge is 0.460 e. The van der Waals surface area contributed by atoms with Crippen LogP contribution in [0, 0.1) is 5.92 Å². The molecule has 0 radical (unpaired) electrons. The molecule has 3 aliphatic heterocycles. The quantitative estimate of drug-likeness (QED) is 0.0699. The molecule has 7 nitrogen and oxygen atoms in total. The normalized spacial score (nSPS) is 30.2. The zero-order valence-corrected chi connectivity index (χ0v) is 28.3. The van der Waals surface area contributed by atoms with Gasteiger partial charge >= 0.3 is 5.97 Å². The molecule has 3 heterocycles. The van der Waals surface area contributed by atoms with Crippen molar-refractivity contribution < 1.29 is 34.3 Å². The minimum Gasteiger partial charge on any atom is -0.460 e. The van der Waals surface area contributed by atoms with E-state index in [1.807, 2.05) is 0 Å². The Labute approximate surface area is 269 Å². The van der Waals surface area contributed by atoms with E-state index in [9.17, 15) is 20.1 Å². The van der Waals surface area contributed by atoms with Gasteiger partial charge in [-0.15, -0.1) is 0 Å². The molecule has 44 heavy (non-hydrogen) atoms. The summed E-state index contributed by atoms with van der Waals surface area (Å²) in [6.45, 7) is 4.02. The van der Waals surface area contributed by atoms with E-state index >= 15 is 0 Å². The Bertz CT molecular complexity index is 747. The lowest BCUT2D eigenvalue weighted by Gasteiger charge is -2.24. The fourth-order valence-electron chi connectivity index (χ4n) is 7.58. The van der Waals surface area contributed by atoms with E-state index in [4.69, 9.17) is 14.2 Å². The lowest BCUT2D eigenvalue weighted by atomic mass is 9.95. The number of aliphatic hydroxyl groups is 3. The zero-order chi connectivity index (χ0) is 31.6. The van der Waals surface area contributed by atoms with E-state index in [2.05, 4.69) is 6.92 Å². The predicted octanol–water partition coefficient (Wildman–Crippen LogP) is 7.94. The Kier molecular flexibility index (Phi) is 18.8. The second-order valence-corrected chi connectivity index (χ2v) is 14.3. The molecule has 0 aromatic carbocycles. The van der Waals surface area contributed by atoms with E-state index < -0.39 is 6.10 Å². The van der Waals surface area contributed by atoms with Crippen molar-refractivity contribution in [1.82, 2.24) is 0 Å². The standard InChI is InChI=1S/C37H68O7/c1-3-4-5-6-7-13-16-19-22-30(38)32-24-26-34(43-32)35-27-25-33(44-35)31(39)23-20-17-14-11-9-8-10-12-15-18-21-29-36(40)28(2)42-37(29)41/h28-36,38-40H,3-27H2,1-2H3/t28-,29?,30-,31+,32+,33+,34+,35+,36-/m0/s1. The van der Waals surface area contributed by atoms with Crippen molar-refractivity contribution in [1.29, 1.82) is 0 Å². The first kappa shape index (κ1) is 37.7. The maximum atomic E-state index is 11.7. The second kappa shape index (κ2) is 22.0. The minimum absolute atomic E-state index is 0.0554. The number of aliphatic hydroxyl groups excluding tert-OH is 3. The van der Waals surface area contributed by atoms with Gasteiger partial charge in [0.25, 0.3) is 0 Å². The van der Waals surface area contributed by atoms with E-state index in [1.165, 1.54) is 83.5 Å². The van der Waals surface area contributed by atoms with Crippen LogP contribution in [-0.4, -0.2) is 70.1 Å². The van der Waals surface area contributed by atoms with Crippen LogP contribution >= 0.6 is 0 Å². The number of rotatable bonds is 25. The van der Waals surface area contributed by atoms with Crippen molar-refractivity contribution >= 4 is 5.97 Å². The van der Waals surface area contributed by atoms with Crippen molar-refractivity contribution in [3.8, 4) is 0 Å². The molecule has 3 saturated heterocycles. The highest BCUT2D eigenvalue weighted by molar-refractivity contribution is 5.75. The average molecular weight is 625 g/mol. The molecule has 9 atom stereocenters. The Morgan fingerprint density at radius 3 is 1.45 bits per heavy atom. The van der Waals surface area contributed by atoms with Gasteiger partial charge in [0.1, 0.15) is 12.2 Å². The van der Waals surface area contributed by atoms with Gasteiger partial charge in [-0.05, 0) is 51.9 Å². The van der Waals surface area contributed by atoms with Crippen molar-refractivity contribution in [2.45, 2.75) is 223 Å². The molecule has 3 N–H and O–H groups in total. The summed E-state index contributed by atoms with van der Waals surface area (Å²) in [7, 11) is 0. The number of ether oxygens (including phenoxy) is 3. The summed E-state index contributed by atoms with van der Waals surface area (Å²) in [5, 5.41) is 31.5. The molecule has 0 aromatic rings. The zero-order valence-electron chi connectivity index (χ0n) is 28.3. The maximum Gasteiger partial charge on any atom is 0.312 e. The third-order valence-electron chi connectivity index (χ3n) is 10.6. The first-order chi connectivity index (χ1) is 21.4. The van der Waals surface area contributed by atoms with Crippen LogP contribution in [0.4, 0.5) is 0 Å². The third-order valence-corrected chi connectivity index (χ3v) is 10.6. The fourth-order valence-corrected chi connectivity index (χ4v) is 7.58. The van der Waals surface area contributed by atoms with Crippen LogP contribution in [-0.2, 0) is 19.0 Å². The Balaban J connectivity index is 1.11. The molecular formula is C37H68O7. The number of hydrogen-bond acceptors (Lipinski definition) is 7. The summed E-state index contributed by atoms with van der Waals surface area (Å²) < 4.78 is 17.7. The summed E-state index contributed by atoms with van der Waals surface area (Å²) in [6.07, 6.45) is 26.3. The Morgan fingerprint density at radius 1 is 0.636 bits per heavy atom. The van der Waals surface area contributed by atoms with Crippen molar-refractivity contribution in [2.24, 2.45) is 5.92 Å². The minimum atomic E-state index is -0.638. The molecule has 0 saturated carbocycles. The molecule has 0 amide bonds. The maximum absolute atomic E-state index is 11.7. The first-order valence-electron chi connectivity index (χ1n) is 19.0. The number of cyclic esters (lactones) is 1. The molecular weight excluding hydrogens is 556 g/mol. The van der Waals surface area contributed by atoms with Crippen LogP contribution in [0.5, 0.6) is 0 Å². The molecule has 0 aliphatic carbocycles. The monoisotopic (exact) mass is 624 g/mol. The molecule has 0 aromatic heterocycles. The molecule has 3 rings (SSSR count). The Morgan fingerprint density at radius 2 is 1.05 bits per heavy atom. The van der Waals surface area contributed by atoms with Crippen LogP contribution in [0.15, 0.2) is 0 Å². The van der Waals surface area contributed by atoms with E-state index in [1.54, 1.807) is 6.92 Å². The SMILES string of the molecule is CCCCCCCCCC[C@H](O)[C@H]1CC[C@H]([C@H]2CC[C@H]([C@H](O)CCCCCCCCCCCCC3C(=O)O[C@@H](C)[C@@H]3O)O2)O1. The van der Waals surface area contributed by atoms with E-state index in [0.717, 1.165) is 77.0 Å². The highest BCUT2D eigenvalue weighted by atomic mass is 16.6. The van der Waals surface area contributed by atoms with Crippen molar-refractivity contribution in [2.75, 3.05) is 0 Å². The number of unbranched alkanes of at least 4 members (excludes halogenated alkanes) is 16. The number of hydrogen-bond donors (Lipinski definition) is 3. The van der Waals surface area contributed by atoms with E-state index in [-0.39, 0.29) is 54.6 Å². The van der Waals surface area contributed by atoms with E-state index in [0.29, 0.717) is 0 Å².